The van der Waals surface area contributed by atoms with Crippen molar-refractivity contribution < 1.29 is 14.3 Å². The number of benzene rings is 2. The first-order valence-corrected chi connectivity index (χ1v) is 11.1. The lowest BCUT2D eigenvalue weighted by atomic mass is 9.94. The van der Waals surface area contributed by atoms with Crippen LogP contribution in [-0.2, 0) is 11.4 Å². The number of likely N-dealkylation sites (tertiary alicyclic amines) is 2. The van der Waals surface area contributed by atoms with Gasteiger partial charge in [-0.2, -0.15) is 0 Å². The van der Waals surface area contributed by atoms with Crippen molar-refractivity contribution in [2.24, 2.45) is 5.92 Å². The monoisotopic (exact) mass is 406 g/mol. The fraction of sp³-hybridized carbons (Fsp3) is 0.440. The number of amides is 2. The van der Waals surface area contributed by atoms with Gasteiger partial charge in [0.2, 0.25) is 5.91 Å². The molecule has 5 nitrogen and oxygen atoms in total. The zero-order valence-corrected chi connectivity index (χ0v) is 17.5. The van der Waals surface area contributed by atoms with Crippen LogP contribution in [0.3, 0.4) is 0 Å². The predicted octanol–water partition coefficient (Wildman–Crippen LogP) is 4.13. The minimum atomic E-state index is 0.0504. The summed E-state index contributed by atoms with van der Waals surface area (Å²) in [6.07, 6.45) is 5.01. The summed E-state index contributed by atoms with van der Waals surface area (Å²) in [5.41, 5.74) is 1.72. The van der Waals surface area contributed by atoms with Crippen LogP contribution in [0.15, 0.2) is 54.6 Å². The lowest BCUT2D eigenvalue weighted by molar-refractivity contribution is -0.137. The Kier molecular flexibility index (Phi) is 6.67. The van der Waals surface area contributed by atoms with Crippen LogP contribution in [0.4, 0.5) is 0 Å². The van der Waals surface area contributed by atoms with Gasteiger partial charge >= 0.3 is 0 Å². The predicted molar refractivity (Wildman–Crippen MR) is 116 cm³/mol. The molecule has 30 heavy (non-hydrogen) atoms. The minimum absolute atomic E-state index is 0.0504. The normalized spacial score (nSPS) is 17.6. The van der Waals surface area contributed by atoms with Gasteiger partial charge < -0.3 is 14.5 Å². The Morgan fingerprint density at radius 3 is 2.13 bits per heavy atom. The fourth-order valence-corrected chi connectivity index (χ4v) is 4.31. The average Bonchev–Trinajstić information content (AvgIpc) is 2.83. The highest BCUT2D eigenvalue weighted by atomic mass is 16.5. The highest BCUT2D eigenvalue weighted by Crippen LogP contribution is 2.23. The lowest BCUT2D eigenvalue weighted by Crippen LogP contribution is -2.45. The number of ether oxygens (including phenoxy) is 1. The highest BCUT2D eigenvalue weighted by Gasteiger charge is 2.30. The van der Waals surface area contributed by atoms with Gasteiger partial charge in [-0.25, -0.2) is 0 Å². The Morgan fingerprint density at radius 2 is 1.47 bits per heavy atom. The van der Waals surface area contributed by atoms with E-state index in [0.717, 1.165) is 50.1 Å². The van der Waals surface area contributed by atoms with Crippen molar-refractivity contribution >= 4 is 11.8 Å². The summed E-state index contributed by atoms with van der Waals surface area (Å²) >= 11 is 0. The largest absolute Gasteiger partial charge is 0.489 e. The minimum Gasteiger partial charge on any atom is -0.489 e. The van der Waals surface area contributed by atoms with Crippen LogP contribution in [0.5, 0.6) is 5.75 Å². The van der Waals surface area contributed by atoms with Crippen molar-refractivity contribution in [1.29, 1.82) is 0 Å². The second-order valence-corrected chi connectivity index (χ2v) is 8.25. The quantitative estimate of drug-likeness (QED) is 0.750. The summed E-state index contributed by atoms with van der Waals surface area (Å²) in [5.74, 6) is 1.25. The third kappa shape index (κ3) is 5.02. The van der Waals surface area contributed by atoms with Crippen molar-refractivity contribution in [3.05, 3.63) is 65.7 Å². The van der Waals surface area contributed by atoms with Crippen LogP contribution in [-0.4, -0.2) is 47.8 Å². The number of carbonyl (C=O) groups excluding carboxylic acids is 2. The first kappa shape index (κ1) is 20.5. The number of para-hydroxylation sites is 1. The topological polar surface area (TPSA) is 49.9 Å². The summed E-state index contributed by atoms with van der Waals surface area (Å²) in [5, 5.41) is 0. The molecular weight excluding hydrogens is 376 g/mol. The van der Waals surface area contributed by atoms with Crippen LogP contribution in [0, 0.1) is 5.92 Å². The van der Waals surface area contributed by atoms with Gasteiger partial charge in [0.15, 0.2) is 0 Å². The van der Waals surface area contributed by atoms with Gasteiger partial charge in [0.05, 0.1) is 0 Å². The van der Waals surface area contributed by atoms with Gasteiger partial charge in [-0.15, -0.1) is 0 Å². The molecule has 0 spiro atoms. The SMILES string of the molecule is O=C(c1ccc(COc2ccccc2)cc1)N1CCC(C(=O)N2CCCCC2)CC1. The molecule has 2 saturated heterocycles. The van der Waals surface area contributed by atoms with Gasteiger partial charge in [0.25, 0.3) is 5.91 Å². The molecule has 2 aliphatic rings. The Morgan fingerprint density at radius 1 is 0.800 bits per heavy atom. The fourth-order valence-electron chi connectivity index (χ4n) is 4.31. The van der Waals surface area contributed by atoms with E-state index in [1.54, 1.807) is 0 Å². The molecular formula is C25H30N2O3. The zero-order chi connectivity index (χ0) is 20.8. The number of nitrogens with zero attached hydrogens (tertiary/aromatic N) is 2. The molecule has 2 fully saturated rings. The van der Waals surface area contributed by atoms with Crippen molar-refractivity contribution in [3.63, 3.8) is 0 Å². The van der Waals surface area contributed by atoms with Crippen LogP contribution < -0.4 is 4.74 Å². The van der Waals surface area contributed by atoms with Crippen LogP contribution >= 0.6 is 0 Å². The number of rotatable bonds is 5. The molecule has 2 aromatic rings. The molecule has 2 amide bonds. The Balaban J connectivity index is 1.27. The average molecular weight is 407 g/mol. The Labute approximate surface area is 178 Å². The van der Waals surface area contributed by atoms with E-state index in [-0.39, 0.29) is 11.8 Å². The summed E-state index contributed by atoms with van der Waals surface area (Å²) in [4.78, 5) is 29.5. The first-order valence-electron chi connectivity index (χ1n) is 11.1. The second-order valence-electron chi connectivity index (χ2n) is 8.25. The van der Waals surface area contributed by atoms with Crippen LogP contribution in [0.2, 0.25) is 0 Å². The molecule has 0 N–H and O–H groups in total. The molecule has 2 aromatic carbocycles. The second kappa shape index (κ2) is 9.79. The third-order valence-electron chi connectivity index (χ3n) is 6.15. The standard InChI is InChI=1S/C25H30N2O3/c28-24(21-11-9-20(10-12-21)19-30-23-7-3-1-4-8-23)27-17-13-22(14-18-27)25(29)26-15-5-2-6-16-26/h1,3-4,7-12,22H,2,5-6,13-19H2. The number of hydrogen-bond acceptors (Lipinski definition) is 3. The van der Waals surface area contributed by atoms with E-state index in [1.807, 2.05) is 64.4 Å². The molecule has 2 heterocycles. The summed E-state index contributed by atoms with van der Waals surface area (Å²) < 4.78 is 5.76. The van der Waals surface area contributed by atoms with Gasteiger partial charge in [0, 0.05) is 37.7 Å². The van der Waals surface area contributed by atoms with E-state index in [1.165, 1.54) is 6.42 Å². The molecule has 0 atom stereocenters. The molecule has 5 heteroatoms. The van der Waals surface area contributed by atoms with Gasteiger partial charge in [-0.05, 0) is 61.9 Å². The molecule has 0 aliphatic carbocycles. The van der Waals surface area contributed by atoms with Crippen molar-refractivity contribution in [1.82, 2.24) is 9.80 Å². The van der Waals surface area contributed by atoms with Crippen molar-refractivity contribution in [3.8, 4) is 5.75 Å². The van der Waals surface area contributed by atoms with E-state index in [0.29, 0.717) is 31.2 Å². The van der Waals surface area contributed by atoms with E-state index in [2.05, 4.69) is 0 Å². The van der Waals surface area contributed by atoms with Crippen LogP contribution in [0.1, 0.15) is 48.0 Å². The number of hydrogen-bond donors (Lipinski definition) is 0. The maximum atomic E-state index is 12.9. The Bertz CT molecular complexity index is 836. The van der Waals surface area contributed by atoms with Gasteiger partial charge in [-0.1, -0.05) is 30.3 Å². The van der Waals surface area contributed by atoms with E-state index in [9.17, 15) is 9.59 Å². The van der Waals surface area contributed by atoms with E-state index >= 15 is 0 Å². The zero-order valence-electron chi connectivity index (χ0n) is 17.5. The highest BCUT2D eigenvalue weighted by molar-refractivity contribution is 5.94. The van der Waals surface area contributed by atoms with E-state index in [4.69, 9.17) is 4.74 Å². The smallest absolute Gasteiger partial charge is 0.253 e. The molecule has 0 radical (unpaired) electrons. The molecule has 158 valence electrons. The summed E-state index contributed by atoms with van der Waals surface area (Å²) in [6.45, 7) is 3.59. The van der Waals surface area contributed by atoms with Gasteiger partial charge in [0.1, 0.15) is 12.4 Å². The summed E-state index contributed by atoms with van der Waals surface area (Å²) in [7, 11) is 0. The number of carbonyl (C=O) groups is 2. The molecule has 0 aromatic heterocycles. The van der Waals surface area contributed by atoms with Crippen molar-refractivity contribution in [2.45, 2.75) is 38.7 Å². The van der Waals surface area contributed by atoms with Crippen molar-refractivity contribution in [2.75, 3.05) is 26.2 Å². The molecule has 2 aliphatic heterocycles. The molecule has 0 unspecified atom stereocenters. The molecule has 0 saturated carbocycles. The van der Waals surface area contributed by atoms with Crippen LogP contribution in [0.25, 0.3) is 0 Å². The van der Waals surface area contributed by atoms with Gasteiger partial charge in [-0.3, -0.25) is 9.59 Å². The molecule has 0 bridgehead atoms. The first-order chi connectivity index (χ1) is 14.7. The maximum absolute atomic E-state index is 12.9. The maximum Gasteiger partial charge on any atom is 0.253 e. The van der Waals surface area contributed by atoms with E-state index < -0.39 is 0 Å². The lowest BCUT2D eigenvalue weighted by Gasteiger charge is -2.35. The summed E-state index contributed by atoms with van der Waals surface area (Å²) in [6, 6.07) is 17.3. The Hall–Kier alpha value is -2.82. The number of piperidine rings is 2. The third-order valence-corrected chi connectivity index (χ3v) is 6.15. The molecule has 4 rings (SSSR count).